The van der Waals surface area contributed by atoms with Crippen molar-refractivity contribution in [2.24, 2.45) is 0 Å². The van der Waals surface area contributed by atoms with Gasteiger partial charge in [-0.2, -0.15) is 0 Å². The van der Waals surface area contributed by atoms with Crippen LogP contribution in [-0.4, -0.2) is 25.3 Å². The maximum atomic E-state index is 12.7. The standard InChI is InChI=1S/C17H14ClNO3/c1-22-13-4-2-3-11(9-13)17(21)19-8-7-16(20)14-10-12(18)5-6-15(14)19/h2-6,9-10H,7-8H2,1H3. The predicted octanol–water partition coefficient (Wildman–Crippen LogP) is 3.58. The minimum Gasteiger partial charge on any atom is -0.497 e. The normalized spacial score (nSPS) is 13.7. The number of ether oxygens (including phenoxy) is 1. The summed E-state index contributed by atoms with van der Waals surface area (Å²) in [6.45, 7) is 0.365. The van der Waals surface area contributed by atoms with Gasteiger partial charge in [0.1, 0.15) is 5.75 Å². The molecule has 1 heterocycles. The monoisotopic (exact) mass is 315 g/mol. The Morgan fingerprint density at radius 2 is 2.05 bits per heavy atom. The Morgan fingerprint density at radius 3 is 2.82 bits per heavy atom. The van der Waals surface area contributed by atoms with Crippen LogP contribution in [-0.2, 0) is 0 Å². The largest absolute Gasteiger partial charge is 0.497 e. The van der Waals surface area contributed by atoms with Crippen molar-refractivity contribution in [2.75, 3.05) is 18.6 Å². The first kappa shape index (κ1) is 14.6. The summed E-state index contributed by atoms with van der Waals surface area (Å²) in [6, 6.07) is 12.0. The van der Waals surface area contributed by atoms with Crippen molar-refractivity contribution >= 4 is 29.0 Å². The molecule has 0 saturated heterocycles. The van der Waals surface area contributed by atoms with Gasteiger partial charge in [-0.1, -0.05) is 17.7 Å². The number of nitrogens with zero attached hydrogens (tertiary/aromatic N) is 1. The molecule has 2 aromatic rings. The van der Waals surface area contributed by atoms with Crippen molar-refractivity contribution in [1.29, 1.82) is 0 Å². The number of benzene rings is 2. The van der Waals surface area contributed by atoms with E-state index in [0.717, 1.165) is 0 Å². The van der Waals surface area contributed by atoms with E-state index in [2.05, 4.69) is 0 Å². The maximum absolute atomic E-state index is 12.7. The molecule has 0 spiro atoms. The molecule has 2 aromatic carbocycles. The van der Waals surface area contributed by atoms with Gasteiger partial charge in [-0.3, -0.25) is 9.59 Å². The summed E-state index contributed by atoms with van der Waals surface area (Å²) in [5, 5.41) is 0.489. The van der Waals surface area contributed by atoms with Gasteiger partial charge < -0.3 is 9.64 Å². The van der Waals surface area contributed by atoms with Gasteiger partial charge in [0.2, 0.25) is 0 Å². The van der Waals surface area contributed by atoms with Gasteiger partial charge in [0.15, 0.2) is 5.78 Å². The molecule has 4 nitrogen and oxygen atoms in total. The average Bonchev–Trinajstić information content (AvgIpc) is 2.55. The molecule has 0 saturated carbocycles. The van der Waals surface area contributed by atoms with Gasteiger partial charge in [0, 0.05) is 29.1 Å². The molecule has 0 radical (unpaired) electrons. The van der Waals surface area contributed by atoms with Crippen molar-refractivity contribution in [1.82, 2.24) is 0 Å². The summed E-state index contributed by atoms with van der Waals surface area (Å²) < 4.78 is 5.15. The third-order valence-corrected chi connectivity index (χ3v) is 3.91. The summed E-state index contributed by atoms with van der Waals surface area (Å²) >= 11 is 5.95. The van der Waals surface area contributed by atoms with Crippen LogP contribution in [0.2, 0.25) is 5.02 Å². The predicted molar refractivity (Wildman–Crippen MR) is 85.1 cm³/mol. The van der Waals surface area contributed by atoms with Gasteiger partial charge >= 0.3 is 0 Å². The fraction of sp³-hybridized carbons (Fsp3) is 0.176. The molecule has 5 heteroatoms. The van der Waals surface area contributed by atoms with Crippen LogP contribution in [0.5, 0.6) is 5.75 Å². The lowest BCUT2D eigenvalue weighted by Crippen LogP contribution is -2.37. The van der Waals surface area contributed by atoms with Crippen LogP contribution in [0.4, 0.5) is 5.69 Å². The zero-order valence-electron chi connectivity index (χ0n) is 12.0. The zero-order chi connectivity index (χ0) is 15.7. The molecule has 3 rings (SSSR count). The molecule has 0 aliphatic carbocycles. The van der Waals surface area contributed by atoms with Crippen LogP contribution < -0.4 is 9.64 Å². The van der Waals surface area contributed by atoms with E-state index in [-0.39, 0.29) is 11.7 Å². The second kappa shape index (κ2) is 5.81. The van der Waals surface area contributed by atoms with Crippen LogP contribution in [0.15, 0.2) is 42.5 Å². The quantitative estimate of drug-likeness (QED) is 0.851. The average molecular weight is 316 g/mol. The molecule has 22 heavy (non-hydrogen) atoms. The lowest BCUT2D eigenvalue weighted by molar-refractivity contribution is 0.0955. The first-order chi connectivity index (χ1) is 10.6. The third-order valence-electron chi connectivity index (χ3n) is 3.67. The first-order valence-electron chi connectivity index (χ1n) is 6.89. The number of methoxy groups -OCH3 is 1. The molecule has 0 bridgehead atoms. The minimum absolute atomic E-state index is 0.00666. The smallest absolute Gasteiger partial charge is 0.258 e. The number of carbonyl (C=O) groups is 2. The number of ketones is 1. The van der Waals surface area contributed by atoms with Crippen LogP contribution in [0.1, 0.15) is 27.1 Å². The van der Waals surface area contributed by atoms with E-state index >= 15 is 0 Å². The molecule has 0 atom stereocenters. The fourth-order valence-corrected chi connectivity index (χ4v) is 2.73. The highest BCUT2D eigenvalue weighted by Crippen LogP contribution is 2.31. The summed E-state index contributed by atoms with van der Waals surface area (Å²) in [6.07, 6.45) is 0.295. The summed E-state index contributed by atoms with van der Waals surface area (Å²) in [7, 11) is 1.56. The number of Topliss-reactive ketones (excluding diaryl/α,β-unsaturated/α-hetero) is 1. The van der Waals surface area contributed by atoms with E-state index in [9.17, 15) is 9.59 Å². The molecular formula is C17H14ClNO3. The first-order valence-corrected chi connectivity index (χ1v) is 7.26. The Bertz CT molecular complexity index is 757. The highest BCUT2D eigenvalue weighted by molar-refractivity contribution is 6.31. The molecule has 1 amide bonds. The van der Waals surface area contributed by atoms with Crippen LogP contribution >= 0.6 is 11.6 Å². The Labute approximate surface area is 133 Å². The summed E-state index contributed by atoms with van der Waals surface area (Å²) in [5.41, 5.74) is 1.62. The van der Waals surface area contributed by atoms with Gasteiger partial charge in [-0.15, -0.1) is 0 Å². The van der Waals surface area contributed by atoms with E-state index in [0.29, 0.717) is 40.6 Å². The molecule has 0 unspecified atom stereocenters. The topological polar surface area (TPSA) is 46.6 Å². The van der Waals surface area contributed by atoms with E-state index in [1.807, 2.05) is 0 Å². The molecule has 0 aromatic heterocycles. The summed E-state index contributed by atoms with van der Waals surface area (Å²) in [5.74, 6) is 0.470. The lowest BCUT2D eigenvalue weighted by atomic mass is 9.99. The maximum Gasteiger partial charge on any atom is 0.258 e. The third kappa shape index (κ3) is 2.57. The number of halogens is 1. The van der Waals surface area contributed by atoms with Gasteiger partial charge in [0.25, 0.3) is 5.91 Å². The lowest BCUT2D eigenvalue weighted by Gasteiger charge is -2.29. The van der Waals surface area contributed by atoms with E-state index in [1.54, 1.807) is 54.5 Å². The van der Waals surface area contributed by atoms with Crippen LogP contribution in [0.25, 0.3) is 0 Å². The number of anilines is 1. The Kier molecular flexibility index (Phi) is 3.86. The molecule has 0 N–H and O–H groups in total. The van der Waals surface area contributed by atoms with E-state index < -0.39 is 0 Å². The van der Waals surface area contributed by atoms with Gasteiger partial charge in [0.05, 0.1) is 12.8 Å². The number of hydrogen-bond acceptors (Lipinski definition) is 3. The molecule has 112 valence electrons. The van der Waals surface area contributed by atoms with Crippen LogP contribution in [0.3, 0.4) is 0 Å². The number of rotatable bonds is 2. The van der Waals surface area contributed by atoms with Crippen molar-refractivity contribution in [3.8, 4) is 5.75 Å². The van der Waals surface area contributed by atoms with E-state index in [1.165, 1.54) is 0 Å². The Balaban J connectivity index is 2.00. The van der Waals surface area contributed by atoms with Crippen molar-refractivity contribution < 1.29 is 14.3 Å². The van der Waals surface area contributed by atoms with Crippen molar-refractivity contribution in [3.05, 3.63) is 58.6 Å². The number of hydrogen-bond donors (Lipinski definition) is 0. The second-order valence-electron chi connectivity index (χ2n) is 5.02. The second-order valence-corrected chi connectivity index (χ2v) is 5.46. The fourth-order valence-electron chi connectivity index (χ4n) is 2.56. The van der Waals surface area contributed by atoms with Crippen molar-refractivity contribution in [2.45, 2.75) is 6.42 Å². The molecule has 1 aliphatic heterocycles. The van der Waals surface area contributed by atoms with Crippen molar-refractivity contribution in [3.63, 3.8) is 0 Å². The van der Waals surface area contributed by atoms with Gasteiger partial charge in [-0.05, 0) is 36.4 Å². The number of fused-ring (bicyclic) bond motifs is 1. The van der Waals surface area contributed by atoms with Gasteiger partial charge in [-0.25, -0.2) is 0 Å². The molecule has 1 aliphatic rings. The molecule has 0 fully saturated rings. The number of carbonyl (C=O) groups excluding carboxylic acids is 2. The zero-order valence-corrected chi connectivity index (χ0v) is 12.8. The van der Waals surface area contributed by atoms with E-state index in [4.69, 9.17) is 16.3 Å². The Hall–Kier alpha value is -2.33. The van der Waals surface area contributed by atoms with Crippen LogP contribution in [0, 0.1) is 0 Å². The highest BCUT2D eigenvalue weighted by atomic mass is 35.5. The Morgan fingerprint density at radius 1 is 1.23 bits per heavy atom. The minimum atomic E-state index is -0.157. The number of amides is 1. The SMILES string of the molecule is COc1cccc(C(=O)N2CCC(=O)c3cc(Cl)ccc32)c1. The summed E-state index contributed by atoms with van der Waals surface area (Å²) in [4.78, 5) is 26.4. The molecular weight excluding hydrogens is 302 g/mol. The highest BCUT2D eigenvalue weighted by Gasteiger charge is 2.28.